The van der Waals surface area contributed by atoms with Gasteiger partial charge in [-0.05, 0) is 37.3 Å². The van der Waals surface area contributed by atoms with Crippen molar-refractivity contribution in [3.05, 3.63) is 85.1 Å². The minimum Gasteiger partial charge on any atom is -0.315 e. The molecule has 2 rings (SSSR count). The number of anilines is 2. The van der Waals surface area contributed by atoms with Crippen LogP contribution in [0.15, 0.2) is 85.1 Å². The fraction of sp³-hybridized carbons (Fsp3) is 0.0588. The zero-order valence-electron chi connectivity index (χ0n) is 10.6. The third-order valence-corrected chi connectivity index (χ3v) is 2.74. The SMILES string of the molecule is C=C/C=C(/C)N(c1ccccc1)c1ccccc1. The predicted molar refractivity (Wildman–Crippen MR) is 79.0 cm³/mol. The van der Waals surface area contributed by atoms with E-state index >= 15 is 0 Å². The molecule has 0 aliphatic carbocycles. The van der Waals surface area contributed by atoms with Crippen LogP contribution < -0.4 is 4.90 Å². The maximum atomic E-state index is 3.77. The number of para-hydroxylation sites is 2. The molecular weight excluding hydrogens is 218 g/mol. The second-order valence-electron chi connectivity index (χ2n) is 4.05. The normalized spacial score (nSPS) is 11.1. The highest BCUT2D eigenvalue weighted by molar-refractivity contribution is 5.68. The quantitative estimate of drug-likeness (QED) is 0.680. The van der Waals surface area contributed by atoms with Crippen molar-refractivity contribution >= 4 is 11.4 Å². The highest BCUT2D eigenvalue weighted by atomic mass is 15.1. The number of benzene rings is 2. The van der Waals surface area contributed by atoms with Gasteiger partial charge in [0.2, 0.25) is 0 Å². The Morgan fingerprint density at radius 3 is 1.72 bits per heavy atom. The van der Waals surface area contributed by atoms with Crippen LogP contribution in [-0.2, 0) is 0 Å². The molecule has 90 valence electrons. The van der Waals surface area contributed by atoms with Crippen LogP contribution in [0.2, 0.25) is 0 Å². The average Bonchev–Trinajstić information content (AvgIpc) is 2.42. The predicted octanol–water partition coefficient (Wildman–Crippen LogP) is 4.91. The molecule has 0 spiro atoms. The summed E-state index contributed by atoms with van der Waals surface area (Å²) in [6.45, 7) is 5.85. The Hall–Kier alpha value is -2.28. The Morgan fingerprint density at radius 2 is 1.33 bits per heavy atom. The molecule has 0 N–H and O–H groups in total. The monoisotopic (exact) mass is 235 g/mol. The van der Waals surface area contributed by atoms with E-state index in [1.165, 1.54) is 0 Å². The molecule has 0 heterocycles. The summed E-state index contributed by atoms with van der Waals surface area (Å²) in [5.41, 5.74) is 3.45. The Morgan fingerprint density at radius 1 is 0.889 bits per heavy atom. The van der Waals surface area contributed by atoms with Crippen LogP contribution in [0.1, 0.15) is 6.92 Å². The zero-order chi connectivity index (χ0) is 12.8. The second-order valence-corrected chi connectivity index (χ2v) is 4.05. The van der Waals surface area contributed by atoms with Crippen molar-refractivity contribution in [1.82, 2.24) is 0 Å². The van der Waals surface area contributed by atoms with Gasteiger partial charge in [-0.2, -0.15) is 0 Å². The summed E-state index contributed by atoms with van der Waals surface area (Å²) < 4.78 is 0. The van der Waals surface area contributed by atoms with Crippen molar-refractivity contribution < 1.29 is 0 Å². The van der Waals surface area contributed by atoms with Gasteiger partial charge in [0.15, 0.2) is 0 Å². The Kier molecular flexibility index (Phi) is 3.98. The largest absolute Gasteiger partial charge is 0.315 e. The van der Waals surface area contributed by atoms with E-state index in [4.69, 9.17) is 0 Å². The van der Waals surface area contributed by atoms with Gasteiger partial charge >= 0.3 is 0 Å². The standard InChI is InChI=1S/C17H17N/c1-3-10-15(2)18(16-11-6-4-7-12-16)17-13-8-5-9-14-17/h3-14H,1H2,2H3/b15-10-. The summed E-state index contributed by atoms with van der Waals surface area (Å²) >= 11 is 0. The first-order valence-electron chi connectivity index (χ1n) is 6.02. The summed E-state index contributed by atoms with van der Waals surface area (Å²) in [5, 5.41) is 0. The molecule has 0 bridgehead atoms. The lowest BCUT2D eigenvalue weighted by molar-refractivity contribution is 1.16. The molecule has 0 saturated heterocycles. The van der Waals surface area contributed by atoms with Crippen LogP contribution in [0.5, 0.6) is 0 Å². The molecule has 0 radical (unpaired) electrons. The Labute approximate surface area is 109 Å². The third kappa shape index (κ3) is 2.69. The number of hydrogen-bond donors (Lipinski definition) is 0. The molecule has 0 atom stereocenters. The van der Waals surface area contributed by atoms with Gasteiger partial charge in [-0.3, -0.25) is 0 Å². The number of nitrogens with zero attached hydrogens (tertiary/aromatic N) is 1. The van der Waals surface area contributed by atoms with Crippen LogP contribution in [0.3, 0.4) is 0 Å². The van der Waals surface area contributed by atoms with E-state index in [0.29, 0.717) is 0 Å². The van der Waals surface area contributed by atoms with Crippen molar-refractivity contribution in [2.75, 3.05) is 4.90 Å². The molecular formula is C17H17N. The minimum absolute atomic E-state index is 1.14. The van der Waals surface area contributed by atoms with Gasteiger partial charge < -0.3 is 4.90 Å². The van der Waals surface area contributed by atoms with Gasteiger partial charge in [0.05, 0.1) is 0 Å². The zero-order valence-corrected chi connectivity index (χ0v) is 10.6. The summed E-state index contributed by atoms with van der Waals surface area (Å²) in [4.78, 5) is 2.21. The Balaban J connectivity index is 2.48. The number of rotatable bonds is 4. The first-order chi connectivity index (χ1) is 8.83. The minimum atomic E-state index is 1.14. The van der Waals surface area contributed by atoms with Crippen LogP contribution in [0.4, 0.5) is 11.4 Å². The molecule has 0 fully saturated rings. The number of hydrogen-bond acceptors (Lipinski definition) is 1. The molecule has 0 aromatic heterocycles. The highest BCUT2D eigenvalue weighted by Gasteiger charge is 2.09. The molecule has 0 unspecified atom stereocenters. The van der Waals surface area contributed by atoms with Gasteiger partial charge in [-0.15, -0.1) is 0 Å². The van der Waals surface area contributed by atoms with Crippen molar-refractivity contribution in [2.45, 2.75) is 6.92 Å². The van der Waals surface area contributed by atoms with Crippen molar-refractivity contribution in [2.24, 2.45) is 0 Å². The van der Waals surface area contributed by atoms with E-state index in [-0.39, 0.29) is 0 Å². The lowest BCUT2D eigenvalue weighted by Gasteiger charge is -2.25. The van der Waals surface area contributed by atoms with Crippen LogP contribution in [-0.4, -0.2) is 0 Å². The molecule has 0 saturated carbocycles. The van der Waals surface area contributed by atoms with E-state index in [2.05, 4.69) is 42.7 Å². The van der Waals surface area contributed by atoms with Crippen LogP contribution in [0, 0.1) is 0 Å². The van der Waals surface area contributed by atoms with Crippen molar-refractivity contribution in [3.8, 4) is 0 Å². The van der Waals surface area contributed by atoms with Gasteiger partial charge in [-0.1, -0.05) is 49.1 Å². The smallest absolute Gasteiger partial charge is 0.0458 e. The van der Waals surface area contributed by atoms with E-state index in [0.717, 1.165) is 17.1 Å². The molecule has 0 amide bonds. The molecule has 18 heavy (non-hydrogen) atoms. The van der Waals surface area contributed by atoms with Crippen molar-refractivity contribution in [3.63, 3.8) is 0 Å². The number of allylic oxidation sites excluding steroid dienone is 3. The van der Waals surface area contributed by atoms with E-state index in [1.807, 2.05) is 48.6 Å². The van der Waals surface area contributed by atoms with E-state index < -0.39 is 0 Å². The summed E-state index contributed by atoms with van der Waals surface area (Å²) in [6, 6.07) is 20.7. The molecule has 0 aliphatic heterocycles. The van der Waals surface area contributed by atoms with Gasteiger partial charge in [0.25, 0.3) is 0 Å². The molecule has 1 nitrogen and oxygen atoms in total. The molecule has 1 heteroatoms. The maximum Gasteiger partial charge on any atom is 0.0458 e. The fourth-order valence-electron chi connectivity index (χ4n) is 1.96. The van der Waals surface area contributed by atoms with Crippen LogP contribution in [0.25, 0.3) is 0 Å². The topological polar surface area (TPSA) is 3.24 Å². The fourth-order valence-corrected chi connectivity index (χ4v) is 1.96. The summed E-state index contributed by atoms with van der Waals surface area (Å²) in [7, 11) is 0. The lowest BCUT2D eigenvalue weighted by Crippen LogP contribution is -2.13. The maximum absolute atomic E-state index is 3.77. The van der Waals surface area contributed by atoms with Gasteiger partial charge in [-0.25, -0.2) is 0 Å². The molecule has 0 aliphatic rings. The van der Waals surface area contributed by atoms with Crippen molar-refractivity contribution in [1.29, 1.82) is 0 Å². The second kappa shape index (κ2) is 5.87. The first kappa shape index (κ1) is 12.2. The Bertz CT molecular complexity index is 487. The molecule has 2 aromatic carbocycles. The summed E-state index contributed by atoms with van der Waals surface area (Å²) in [5.74, 6) is 0. The molecule has 2 aromatic rings. The van der Waals surface area contributed by atoms with Gasteiger partial charge in [0.1, 0.15) is 0 Å². The lowest BCUT2D eigenvalue weighted by atomic mass is 10.2. The highest BCUT2D eigenvalue weighted by Crippen LogP contribution is 2.28. The van der Waals surface area contributed by atoms with E-state index in [1.54, 1.807) is 0 Å². The van der Waals surface area contributed by atoms with Crippen LogP contribution >= 0.6 is 0 Å². The first-order valence-corrected chi connectivity index (χ1v) is 6.02. The van der Waals surface area contributed by atoms with E-state index in [9.17, 15) is 0 Å². The third-order valence-electron chi connectivity index (χ3n) is 2.74. The average molecular weight is 235 g/mol. The summed E-state index contributed by atoms with van der Waals surface area (Å²) in [6.07, 6.45) is 3.83. The van der Waals surface area contributed by atoms with Gasteiger partial charge in [0, 0.05) is 17.1 Å².